The van der Waals surface area contributed by atoms with E-state index in [1.54, 1.807) is 29.2 Å². The summed E-state index contributed by atoms with van der Waals surface area (Å²) in [5.74, 6) is -0.121. The van der Waals surface area contributed by atoms with Crippen molar-refractivity contribution in [1.29, 1.82) is 0 Å². The number of thiophene rings is 1. The number of anilines is 1. The van der Waals surface area contributed by atoms with Crippen LogP contribution in [0.4, 0.5) is 5.69 Å². The summed E-state index contributed by atoms with van der Waals surface area (Å²) in [6.45, 7) is 6.40. The molecule has 24 heavy (non-hydrogen) atoms. The van der Waals surface area contributed by atoms with Crippen molar-refractivity contribution in [3.05, 3.63) is 51.2 Å². The molecule has 0 spiro atoms. The first-order valence-corrected chi connectivity index (χ1v) is 8.72. The maximum Gasteiger partial charge on any atom is 0.265 e. The summed E-state index contributed by atoms with van der Waals surface area (Å²) in [5.41, 5.74) is 2.43. The van der Waals surface area contributed by atoms with Crippen LogP contribution in [-0.4, -0.2) is 43.0 Å². The van der Waals surface area contributed by atoms with Crippen molar-refractivity contribution in [2.45, 2.75) is 13.8 Å². The van der Waals surface area contributed by atoms with E-state index in [1.165, 1.54) is 11.3 Å². The molecular weight excluding hydrogens is 324 g/mol. The van der Waals surface area contributed by atoms with Crippen LogP contribution >= 0.6 is 11.3 Å². The minimum atomic E-state index is -0.122. The van der Waals surface area contributed by atoms with E-state index in [-0.39, 0.29) is 11.8 Å². The van der Waals surface area contributed by atoms with Crippen LogP contribution in [0, 0.1) is 13.8 Å². The molecule has 1 aliphatic rings. The topological polar surface area (TPSA) is 58.6 Å². The van der Waals surface area contributed by atoms with Gasteiger partial charge in [-0.15, -0.1) is 11.3 Å². The summed E-state index contributed by atoms with van der Waals surface area (Å²) in [4.78, 5) is 28.3. The van der Waals surface area contributed by atoms with Gasteiger partial charge in [-0.25, -0.2) is 0 Å². The molecule has 1 aliphatic heterocycles. The van der Waals surface area contributed by atoms with Gasteiger partial charge in [-0.3, -0.25) is 9.59 Å². The molecule has 3 rings (SSSR count). The molecule has 0 atom stereocenters. The van der Waals surface area contributed by atoms with Crippen LogP contribution in [0.15, 0.2) is 30.3 Å². The maximum atomic E-state index is 12.4. The molecule has 1 saturated heterocycles. The Labute approximate surface area is 145 Å². The van der Waals surface area contributed by atoms with Crippen LogP contribution in [0.25, 0.3) is 0 Å². The number of hydrogen-bond acceptors (Lipinski definition) is 4. The van der Waals surface area contributed by atoms with Crippen molar-refractivity contribution in [2.75, 3.05) is 31.6 Å². The lowest BCUT2D eigenvalue weighted by Gasteiger charge is -2.26. The third kappa shape index (κ3) is 3.66. The summed E-state index contributed by atoms with van der Waals surface area (Å²) in [6, 6.07) is 8.92. The summed E-state index contributed by atoms with van der Waals surface area (Å²) >= 11 is 1.48. The Bertz CT molecular complexity index is 727. The van der Waals surface area contributed by atoms with Gasteiger partial charge in [0.15, 0.2) is 0 Å². The summed E-state index contributed by atoms with van der Waals surface area (Å²) in [6.07, 6.45) is 0. The highest BCUT2D eigenvalue weighted by Crippen LogP contribution is 2.22. The van der Waals surface area contributed by atoms with Crippen molar-refractivity contribution in [3.8, 4) is 0 Å². The van der Waals surface area contributed by atoms with Gasteiger partial charge in [0, 0.05) is 29.2 Å². The highest BCUT2D eigenvalue weighted by molar-refractivity contribution is 7.14. The number of aryl methyl sites for hydroxylation is 2. The van der Waals surface area contributed by atoms with Crippen LogP contribution < -0.4 is 5.32 Å². The van der Waals surface area contributed by atoms with Gasteiger partial charge in [-0.05, 0) is 49.7 Å². The monoisotopic (exact) mass is 344 g/mol. The molecule has 2 amide bonds. The number of nitrogens with zero attached hydrogens (tertiary/aromatic N) is 1. The molecule has 2 heterocycles. The molecule has 0 unspecified atom stereocenters. The SMILES string of the molecule is Cc1cc(C(=O)Nc2ccc(C(=O)N3CCOCC3)cc2)sc1C. The van der Waals surface area contributed by atoms with Crippen LogP contribution in [0.1, 0.15) is 30.5 Å². The highest BCUT2D eigenvalue weighted by Gasteiger charge is 2.18. The molecule has 2 aromatic rings. The molecule has 0 aliphatic carbocycles. The van der Waals surface area contributed by atoms with Gasteiger partial charge < -0.3 is 15.0 Å². The summed E-state index contributed by atoms with van der Waals surface area (Å²) < 4.78 is 5.26. The molecule has 1 fully saturated rings. The molecule has 126 valence electrons. The number of carbonyl (C=O) groups excluding carboxylic acids is 2. The molecule has 0 radical (unpaired) electrons. The van der Waals surface area contributed by atoms with Gasteiger partial charge in [0.1, 0.15) is 0 Å². The molecule has 5 nitrogen and oxygen atoms in total. The van der Waals surface area contributed by atoms with Crippen molar-refractivity contribution < 1.29 is 14.3 Å². The van der Waals surface area contributed by atoms with E-state index >= 15 is 0 Å². The van der Waals surface area contributed by atoms with E-state index < -0.39 is 0 Å². The predicted molar refractivity (Wildman–Crippen MR) is 94.9 cm³/mol. The fourth-order valence-electron chi connectivity index (χ4n) is 2.52. The van der Waals surface area contributed by atoms with Crippen LogP contribution in [0.2, 0.25) is 0 Å². The van der Waals surface area contributed by atoms with Gasteiger partial charge in [-0.2, -0.15) is 0 Å². The Kier molecular flexibility index (Phi) is 4.97. The molecule has 1 N–H and O–H groups in total. The van der Waals surface area contributed by atoms with Crippen LogP contribution in [0.5, 0.6) is 0 Å². The van der Waals surface area contributed by atoms with Gasteiger partial charge in [-0.1, -0.05) is 0 Å². The van der Waals surface area contributed by atoms with E-state index in [0.29, 0.717) is 42.4 Å². The van der Waals surface area contributed by atoms with Crippen molar-refractivity contribution in [1.82, 2.24) is 4.90 Å². The number of hydrogen-bond donors (Lipinski definition) is 1. The lowest BCUT2D eigenvalue weighted by molar-refractivity contribution is 0.0303. The molecule has 6 heteroatoms. The van der Waals surface area contributed by atoms with Crippen LogP contribution in [0.3, 0.4) is 0 Å². The van der Waals surface area contributed by atoms with E-state index in [4.69, 9.17) is 4.74 Å². The second-order valence-electron chi connectivity index (χ2n) is 5.79. The number of rotatable bonds is 3. The number of benzene rings is 1. The fourth-order valence-corrected chi connectivity index (χ4v) is 3.45. The standard InChI is InChI=1S/C18H20N2O3S/c1-12-11-16(24-13(12)2)17(21)19-15-5-3-14(4-6-15)18(22)20-7-9-23-10-8-20/h3-6,11H,7-10H2,1-2H3,(H,19,21). The van der Waals surface area contributed by atoms with Gasteiger partial charge in [0.2, 0.25) is 0 Å². The minimum absolute atomic E-state index is 0.000632. The summed E-state index contributed by atoms with van der Waals surface area (Å²) in [5, 5.41) is 2.87. The van der Waals surface area contributed by atoms with Crippen LogP contribution in [-0.2, 0) is 4.74 Å². The third-order valence-electron chi connectivity index (χ3n) is 4.08. The first kappa shape index (κ1) is 16.7. The smallest absolute Gasteiger partial charge is 0.265 e. The van der Waals surface area contributed by atoms with Crippen molar-refractivity contribution >= 4 is 28.8 Å². The Morgan fingerprint density at radius 3 is 2.38 bits per heavy atom. The number of ether oxygens (including phenoxy) is 1. The zero-order chi connectivity index (χ0) is 17.1. The van der Waals surface area contributed by atoms with Gasteiger partial charge >= 0.3 is 0 Å². The molecule has 1 aromatic carbocycles. The first-order chi connectivity index (χ1) is 11.5. The Hall–Kier alpha value is -2.18. The second-order valence-corrected chi connectivity index (χ2v) is 7.04. The number of carbonyl (C=O) groups is 2. The average Bonchev–Trinajstić information content (AvgIpc) is 2.95. The van der Waals surface area contributed by atoms with Gasteiger partial charge in [0.25, 0.3) is 11.8 Å². The molecule has 1 aromatic heterocycles. The minimum Gasteiger partial charge on any atom is -0.378 e. The average molecular weight is 344 g/mol. The normalized spacial score (nSPS) is 14.5. The Balaban J connectivity index is 1.65. The first-order valence-electron chi connectivity index (χ1n) is 7.90. The second kappa shape index (κ2) is 7.15. The molecule has 0 bridgehead atoms. The molecule has 0 saturated carbocycles. The van der Waals surface area contributed by atoms with E-state index in [9.17, 15) is 9.59 Å². The van der Waals surface area contributed by atoms with Crippen molar-refractivity contribution in [2.24, 2.45) is 0 Å². The zero-order valence-electron chi connectivity index (χ0n) is 13.8. The Morgan fingerprint density at radius 2 is 1.79 bits per heavy atom. The lowest BCUT2D eigenvalue weighted by Crippen LogP contribution is -2.40. The quantitative estimate of drug-likeness (QED) is 0.931. The zero-order valence-corrected chi connectivity index (χ0v) is 14.6. The maximum absolute atomic E-state index is 12.4. The fraction of sp³-hybridized carbons (Fsp3) is 0.333. The van der Waals surface area contributed by atoms with E-state index in [2.05, 4.69) is 5.32 Å². The molecular formula is C18H20N2O3S. The van der Waals surface area contributed by atoms with Crippen molar-refractivity contribution in [3.63, 3.8) is 0 Å². The third-order valence-corrected chi connectivity index (χ3v) is 5.23. The summed E-state index contributed by atoms with van der Waals surface area (Å²) in [7, 11) is 0. The largest absolute Gasteiger partial charge is 0.378 e. The Morgan fingerprint density at radius 1 is 1.12 bits per heavy atom. The number of nitrogens with one attached hydrogen (secondary N) is 1. The number of amides is 2. The predicted octanol–water partition coefficient (Wildman–Crippen LogP) is 3.09. The highest BCUT2D eigenvalue weighted by atomic mass is 32.1. The van der Waals surface area contributed by atoms with Gasteiger partial charge in [0.05, 0.1) is 18.1 Å². The lowest BCUT2D eigenvalue weighted by atomic mass is 10.1. The van der Waals surface area contributed by atoms with E-state index in [0.717, 1.165) is 10.4 Å². The van der Waals surface area contributed by atoms with E-state index in [1.807, 2.05) is 19.9 Å². The number of morpholine rings is 1.